The molecule has 3 heterocycles. The number of hydrogen-bond donors (Lipinski definition) is 3. The molecule has 1 saturated heterocycles. The van der Waals surface area contributed by atoms with E-state index in [9.17, 15) is 14.7 Å². The lowest BCUT2D eigenvalue weighted by Crippen LogP contribution is -2.44. The smallest absolute Gasteiger partial charge is 0.270 e. The van der Waals surface area contributed by atoms with Crippen molar-refractivity contribution in [3.8, 4) is 0 Å². The summed E-state index contributed by atoms with van der Waals surface area (Å²) in [5.41, 5.74) is 2.91. The first kappa shape index (κ1) is 23.1. The number of β-amino-alcohol motifs (C(OH)–C–C–N with tert-alkyl or cyclic N) is 1. The first-order valence-corrected chi connectivity index (χ1v) is 11.6. The molecule has 4 rings (SSSR count). The minimum Gasteiger partial charge on any atom is -0.390 e. The van der Waals surface area contributed by atoms with Crippen molar-refractivity contribution in [1.29, 1.82) is 0 Å². The van der Waals surface area contributed by atoms with E-state index in [0.717, 1.165) is 38.9 Å². The number of nitrogens with zero attached hydrogens (tertiary/aromatic N) is 4. The van der Waals surface area contributed by atoms with Crippen LogP contribution in [0.15, 0.2) is 36.7 Å². The van der Waals surface area contributed by atoms with Crippen molar-refractivity contribution >= 4 is 17.6 Å². The summed E-state index contributed by atoms with van der Waals surface area (Å²) in [6.45, 7) is 5.33. The van der Waals surface area contributed by atoms with Crippen molar-refractivity contribution < 1.29 is 14.7 Å². The summed E-state index contributed by atoms with van der Waals surface area (Å²) in [5.74, 6) is 0.271. The molecule has 1 fully saturated rings. The van der Waals surface area contributed by atoms with Crippen LogP contribution < -0.4 is 10.6 Å². The molecular weight excluding hydrogens is 420 g/mol. The monoisotopic (exact) mass is 452 g/mol. The second-order valence-electron chi connectivity index (χ2n) is 8.85. The van der Waals surface area contributed by atoms with E-state index in [-0.39, 0.29) is 30.1 Å². The molecule has 2 aliphatic heterocycles. The SMILES string of the molecule is CC(=O)N1CCCC(Nc2cc(C(=O)NCC(O)CN3CCc4ccccc4C3)ncn2)C1. The molecule has 2 amide bonds. The van der Waals surface area contributed by atoms with Gasteiger partial charge in [0.1, 0.15) is 17.8 Å². The van der Waals surface area contributed by atoms with E-state index in [1.54, 1.807) is 13.0 Å². The number of amides is 2. The van der Waals surface area contributed by atoms with Gasteiger partial charge in [-0.15, -0.1) is 0 Å². The van der Waals surface area contributed by atoms with Crippen LogP contribution in [0.25, 0.3) is 0 Å². The standard InChI is InChI=1S/C24H32N6O3/c1-17(31)30-9-4-7-20(14-30)28-23-11-22(26-16-27-23)24(33)25-12-21(32)15-29-10-8-18-5-2-3-6-19(18)13-29/h2-3,5-6,11,16,20-21,32H,4,7-10,12-15H2,1H3,(H,25,33)(H,26,27,28). The number of nitrogens with one attached hydrogen (secondary N) is 2. The maximum absolute atomic E-state index is 12.6. The highest BCUT2D eigenvalue weighted by atomic mass is 16.3. The lowest BCUT2D eigenvalue weighted by molar-refractivity contribution is -0.129. The lowest BCUT2D eigenvalue weighted by Gasteiger charge is -2.32. The van der Waals surface area contributed by atoms with E-state index < -0.39 is 6.10 Å². The van der Waals surface area contributed by atoms with Crippen molar-refractivity contribution in [2.24, 2.45) is 0 Å². The molecule has 176 valence electrons. The molecule has 2 atom stereocenters. The Bertz CT molecular complexity index is 984. The number of benzene rings is 1. The van der Waals surface area contributed by atoms with Crippen LogP contribution in [0.4, 0.5) is 5.82 Å². The number of piperidine rings is 1. The topological polar surface area (TPSA) is 111 Å². The highest BCUT2D eigenvalue weighted by Crippen LogP contribution is 2.18. The molecule has 33 heavy (non-hydrogen) atoms. The molecule has 1 aromatic heterocycles. The second kappa shape index (κ2) is 10.7. The van der Waals surface area contributed by atoms with Crippen LogP contribution in [0, 0.1) is 0 Å². The molecule has 2 unspecified atom stereocenters. The zero-order valence-electron chi connectivity index (χ0n) is 19.0. The number of hydrogen-bond acceptors (Lipinski definition) is 7. The zero-order valence-corrected chi connectivity index (χ0v) is 19.0. The van der Waals surface area contributed by atoms with Gasteiger partial charge in [0.2, 0.25) is 5.91 Å². The molecule has 0 radical (unpaired) electrons. The summed E-state index contributed by atoms with van der Waals surface area (Å²) in [5, 5.41) is 16.5. The van der Waals surface area contributed by atoms with Gasteiger partial charge in [-0.2, -0.15) is 0 Å². The van der Waals surface area contributed by atoms with E-state index in [2.05, 4.69) is 43.7 Å². The Morgan fingerprint density at radius 2 is 2.03 bits per heavy atom. The predicted octanol–water partition coefficient (Wildman–Crippen LogP) is 1.05. The third-order valence-corrected chi connectivity index (χ3v) is 6.30. The number of anilines is 1. The fraction of sp³-hybridized carbons (Fsp3) is 0.500. The Kier molecular flexibility index (Phi) is 7.51. The number of carbonyl (C=O) groups is 2. The number of fused-ring (bicyclic) bond motifs is 1. The number of likely N-dealkylation sites (tertiary alicyclic amines) is 1. The third-order valence-electron chi connectivity index (χ3n) is 6.30. The van der Waals surface area contributed by atoms with Gasteiger partial charge in [-0.3, -0.25) is 14.5 Å². The van der Waals surface area contributed by atoms with Gasteiger partial charge in [-0.25, -0.2) is 9.97 Å². The number of aromatic nitrogens is 2. The number of aliphatic hydroxyl groups excluding tert-OH is 1. The first-order valence-electron chi connectivity index (χ1n) is 11.6. The Morgan fingerprint density at radius 3 is 2.85 bits per heavy atom. The molecule has 9 heteroatoms. The number of aliphatic hydroxyl groups is 1. The molecule has 0 saturated carbocycles. The molecule has 0 bridgehead atoms. The van der Waals surface area contributed by atoms with Gasteiger partial charge in [-0.1, -0.05) is 24.3 Å². The Labute approximate surface area is 194 Å². The lowest BCUT2D eigenvalue weighted by atomic mass is 10.00. The maximum atomic E-state index is 12.6. The Balaban J connectivity index is 1.25. The summed E-state index contributed by atoms with van der Waals surface area (Å²) in [4.78, 5) is 36.5. The molecule has 9 nitrogen and oxygen atoms in total. The minimum atomic E-state index is -0.668. The van der Waals surface area contributed by atoms with Crippen molar-refractivity contribution in [1.82, 2.24) is 25.1 Å². The average Bonchev–Trinajstić information content (AvgIpc) is 2.83. The van der Waals surface area contributed by atoms with E-state index in [4.69, 9.17) is 0 Å². The Morgan fingerprint density at radius 1 is 1.21 bits per heavy atom. The summed E-state index contributed by atoms with van der Waals surface area (Å²) in [6.07, 6.45) is 3.51. The van der Waals surface area contributed by atoms with Crippen LogP contribution in [-0.2, 0) is 17.8 Å². The van der Waals surface area contributed by atoms with Gasteiger partial charge in [0, 0.05) is 58.3 Å². The van der Waals surface area contributed by atoms with Crippen LogP contribution in [0.2, 0.25) is 0 Å². The molecule has 0 spiro atoms. The van der Waals surface area contributed by atoms with Crippen LogP contribution in [0.3, 0.4) is 0 Å². The van der Waals surface area contributed by atoms with Crippen molar-refractivity contribution in [3.63, 3.8) is 0 Å². The van der Waals surface area contributed by atoms with Gasteiger partial charge >= 0.3 is 0 Å². The molecular formula is C24H32N6O3. The highest BCUT2D eigenvalue weighted by molar-refractivity contribution is 5.92. The summed E-state index contributed by atoms with van der Waals surface area (Å²) < 4.78 is 0. The molecule has 2 aromatic rings. The van der Waals surface area contributed by atoms with Crippen LogP contribution in [-0.4, -0.2) is 81.6 Å². The van der Waals surface area contributed by atoms with Crippen molar-refractivity contribution in [3.05, 3.63) is 53.5 Å². The fourth-order valence-electron chi connectivity index (χ4n) is 4.52. The molecule has 2 aliphatic rings. The normalized spacial score (nSPS) is 19.5. The van der Waals surface area contributed by atoms with Gasteiger partial charge in [0.15, 0.2) is 0 Å². The summed E-state index contributed by atoms with van der Waals surface area (Å²) in [6, 6.07) is 10.1. The van der Waals surface area contributed by atoms with Crippen molar-refractivity contribution in [2.45, 2.75) is 44.9 Å². The Hall–Kier alpha value is -3.04. The molecule has 1 aromatic carbocycles. The van der Waals surface area contributed by atoms with Crippen molar-refractivity contribution in [2.75, 3.05) is 38.0 Å². The first-order chi connectivity index (χ1) is 16.0. The number of carbonyl (C=O) groups excluding carboxylic acids is 2. The van der Waals surface area contributed by atoms with Gasteiger partial charge in [-0.05, 0) is 30.4 Å². The second-order valence-corrected chi connectivity index (χ2v) is 8.85. The summed E-state index contributed by atoms with van der Waals surface area (Å²) in [7, 11) is 0. The zero-order chi connectivity index (χ0) is 23.2. The quantitative estimate of drug-likeness (QED) is 0.576. The highest BCUT2D eigenvalue weighted by Gasteiger charge is 2.22. The largest absolute Gasteiger partial charge is 0.390 e. The fourth-order valence-corrected chi connectivity index (χ4v) is 4.52. The van der Waals surface area contributed by atoms with Gasteiger partial charge in [0.25, 0.3) is 5.91 Å². The van der Waals surface area contributed by atoms with Crippen LogP contribution in [0.5, 0.6) is 0 Å². The van der Waals surface area contributed by atoms with Crippen LogP contribution >= 0.6 is 0 Å². The van der Waals surface area contributed by atoms with Crippen LogP contribution in [0.1, 0.15) is 41.4 Å². The van der Waals surface area contributed by atoms with E-state index in [1.165, 1.54) is 17.5 Å². The maximum Gasteiger partial charge on any atom is 0.270 e. The van der Waals surface area contributed by atoms with Gasteiger partial charge < -0.3 is 20.6 Å². The minimum absolute atomic E-state index is 0.0663. The molecule has 0 aliphatic carbocycles. The predicted molar refractivity (Wildman–Crippen MR) is 125 cm³/mol. The molecule has 3 N–H and O–H groups in total. The van der Waals surface area contributed by atoms with E-state index >= 15 is 0 Å². The average molecular weight is 453 g/mol. The number of rotatable bonds is 7. The third kappa shape index (κ3) is 6.27. The summed E-state index contributed by atoms with van der Waals surface area (Å²) >= 11 is 0. The van der Waals surface area contributed by atoms with E-state index in [1.807, 2.05) is 11.0 Å². The van der Waals surface area contributed by atoms with Gasteiger partial charge in [0.05, 0.1) is 6.10 Å². The van der Waals surface area contributed by atoms with E-state index in [0.29, 0.717) is 18.9 Å².